The minimum Gasteiger partial charge on any atom is -0.490 e. The topological polar surface area (TPSA) is 67.9 Å². The van der Waals surface area contributed by atoms with E-state index in [2.05, 4.69) is 5.32 Å². The third-order valence-electron chi connectivity index (χ3n) is 6.00. The van der Waals surface area contributed by atoms with E-state index in [0.29, 0.717) is 39.1 Å². The molecular weight excluding hydrogens is 368 g/mol. The molecule has 0 atom stereocenters. The van der Waals surface area contributed by atoms with E-state index >= 15 is 0 Å². The average Bonchev–Trinajstić information content (AvgIpc) is 2.98. The van der Waals surface area contributed by atoms with Crippen LogP contribution in [0.25, 0.3) is 0 Å². The summed E-state index contributed by atoms with van der Waals surface area (Å²) in [4.78, 5) is 27.8. The van der Waals surface area contributed by atoms with E-state index in [1.165, 1.54) is 0 Å². The SMILES string of the molecule is CCN(CC)C(=O)C1(NC(=O)CCc2ccc3c(c2)OCCCO3)CCCCC1. The lowest BCUT2D eigenvalue weighted by atomic mass is 9.80. The Kier molecular flexibility index (Phi) is 7.40. The second-order valence-electron chi connectivity index (χ2n) is 8.00. The monoisotopic (exact) mass is 402 g/mol. The van der Waals surface area contributed by atoms with Gasteiger partial charge in [0, 0.05) is 25.9 Å². The maximum atomic E-state index is 13.2. The molecule has 1 fully saturated rings. The zero-order valence-electron chi connectivity index (χ0n) is 17.8. The van der Waals surface area contributed by atoms with Crippen molar-refractivity contribution >= 4 is 11.8 Å². The lowest BCUT2D eigenvalue weighted by Crippen LogP contribution is -2.60. The van der Waals surface area contributed by atoms with Crippen LogP contribution in [0.3, 0.4) is 0 Å². The minimum atomic E-state index is -0.730. The number of nitrogens with zero attached hydrogens (tertiary/aromatic N) is 1. The summed E-state index contributed by atoms with van der Waals surface area (Å²) >= 11 is 0. The summed E-state index contributed by atoms with van der Waals surface area (Å²) in [5.41, 5.74) is 0.309. The highest BCUT2D eigenvalue weighted by Crippen LogP contribution is 2.32. The van der Waals surface area contributed by atoms with Crippen LogP contribution in [-0.2, 0) is 16.0 Å². The molecule has 0 bridgehead atoms. The molecule has 1 aromatic rings. The molecule has 1 saturated carbocycles. The van der Waals surface area contributed by atoms with Crippen LogP contribution >= 0.6 is 0 Å². The van der Waals surface area contributed by atoms with Gasteiger partial charge in [-0.05, 0) is 50.8 Å². The van der Waals surface area contributed by atoms with Crippen molar-refractivity contribution in [3.63, 3.8) is 0 Å². The van der Waals surface area contributed by atoms with Crippen LogP contribution < -0.4 is 14.8 Å². The predicted octanol–water partition coefficient (Wildman–Crippen LogP) is 3.47. The maximum absolute atomic E-state index is 13.2. The quantitative estimate of drug-likeness (QED) is 0.758. The van der Waals surface area contributed by atoms with E-state index in [0.717, 1.165) is 55.6 Å². The highest BCUT2D eigenvalue weighted by atomic mass is 16.5. The number of carbonyl (C=O) groups is 2. The predicted molar refractivity (Wildman–Crippen MR) is 112 cm³/mol. The first-order valence-corrected chi connectivity index (χ1v) is 11.1. The van der Waals surface area contributed by atoms with Crippen molar-refractivity contribution in [3.05, 3.63) is 23.8 Å². The first-order chi connectivity index (χ1) is 14.1. The summed E-state index contributed by atoms with van der Waals surface area (Å²) in [5, 5.41) is 3.14. The molecule has 160 valence electrons. The van der Waals surface area contributed by atoms with Crippen molar-refractivity contribution in [1.82, 2.24) is 10.2 Å². The lowest BCUT2D eigenvalue weighted by molar-refractivity contribution is -0.143. The van der Waals surface area contributed by atoms with Crippen molar-refractivity contribution in [1.29, 1.82) is 0 Å². The number of rotatable bonds is 7. The molecule has 0 unspecified atom stereocenters. The molecule has 0 radical (unpaired) electrons. The first kappa shape index (κ1) is 21.5. The summed E-state index contributed by atoms with van der Waals surface area (Å²) < 4.78 is 11.4. The van der Waals surface area contributed by atoms with E-state index in [-0.39, 0.29) is 11.8 Å². The van der Waals surface area contributed by atoms with Gasteiger partial charge in [0.15, 0.2) is 11.5 Å². The van der Waals surface area contributed by atoms with Gasteiger partial charge in [-0.25, -0.2) is 0 Å². The Morgan fingerprint density at radius 1 is 1.00 bits per heavy atom. The van der Waals surface area contributed by atoms with E-state index in [9.17, 15) is 9.59 Å². The van der Waals surface area contributed by atoms with E-state index in [4.69, 9.17) is 9.47 Å². The second kappa shape index (κ2) is 9.99. The number of benzene rings is 1. The number of amides is 2. The van der Waals surface area contributed by atoms with Crippen LogP contribution in [0, 0.1) is 0 Å². The Labute approximate surface area is 173 Å². The fourth-order valence-electron chi connectivity index (χ4n) is 4.31. The molecule has 1 heterocycles. The van der Waals surface area contributed by atoms with Gasteiger partial charge in [0.05, 0.1) is 13.2 Å². The third kappa shape index (κ3) is 5.22. The highest BCUT2D eigenvalue weighted by Gasteiger charge is 2.42. The van der Waals surface area contributed by atoms with Crippen LogP contribution in [-0.4, -0.2) is 48.6 Å². The van der Waals surface area contributed by atoms with Crippen molar-refractivity contribution < 1.29 is 19.1 Å². The molecule has 6 heteroatoms. The number of nitrogens with one attached hydrogen (secondary N) is 1. The summed E-state index contributed by atoms with van der Waals surface area (Å²) in [6, 6.07) is 5.87. The van der Waals surface area contributed by atoms with Gasteiger partial charge in [-0.3, -0.25) is 9.59 Å². The molecule has 0 aromatic heterocycles. The van der Waals surface area contributed by atoms with Crippen LogP contribution in [0.15, 0.2) is 18.2 Å². The first-order valence-electron chi connectivity index (χ1n) is 11.1. The standard InChI is InChI=1S/C23H34N2O4/c1-3-25(4-2)22(27)23(13-6-5-7-14-23)24-21(26)12-10-18-9-11-19-20(17-18)29-16-8-15-28-19/h9,11,17H,3-8,10,12-16H2,1-2H3,(H,24,26). The Balaban J connectivity index is 1.63. The van der Waals surface area contributed by atoms with Gasteiger partial charge in [0.2, 0.25) is 11.8 Å². The number of ether oxygens (including phenoxy) is 2. The zero-order chi connectivity index (χ0) is 20.7. The lowest BCUT2D eigenvalue weighted by Gasteiger charge is -2.40. The molecule has 1 aromatic carbocycles. The second-order valence-corrected chi connectivity index (χ2v) is 8.00. The van der Waals surface area contributed by atoms with Crippen molar-refractivity contribution in [2.75, 3.05) is 26.3 Å². The molecule has 0 spiro atoms. The average molecular weight is 403 g/mol. The Bertz CT molecular complexity index is 709. The van der Waals surface area contributed by atoms with Gasteiger partial charge in [0.1, 0.15) is 5.54 Å². The van der Waals surface area contributed by atoms with Gasteiger partial charge in [-0.15, -0.1) is 0 Å². The fraction of sp³-hybridized carbons (Fsp3) is 0.652. The normalized spacial score (nSPS) is 17.9. The molecule has 1 N–H and O–H groups in total. The van der Waals surface area contributed by atoms with E-state index in [1.54, 1.807) is 0 Å². The molecule has 2 amide bonds. The highest BCUT2D eigenvalue weighted by molar-refractivity contribution is 5.91. The Hall–Kier alpha value is -2.24. The molecule has 1 aliphatic heterocycles. The molecule has 29 heavy (non-hydrogen) atoms. The van der Waals surface area contributed by atoms with Gasteiger partial charge >= 0.3 is 0 Å². The molecular formula is C23H34N2O4. The molecule has 2 aliphatic rings. The molecule has 3 rings (SSSR count). The summed E-state index contributed by atoms with van der Waals surface area (Å²) in [6.07, 6.45) is 6.39. The number of hydrogen-bond acceptors (Lipinski definition) is 4. The fourth-order valence-corrected chi connectivity index (χ4v) is 4.31. The number of likely N-dealkylation sites (N-methyl/N-ethyl adjacent to an activating group) is 1. The summed E-state index contributed by atoms with van der Waals surface area (Å²) in [6.45, 7) is 6.63. The molecule has 6 nitrogen and oxygen atoms in total. The number of carbonyl (C=O) groups excluding carboxylic acids is 2. The van der Waals surface area contributed by atoms with Crippen LogP contribution in [0.2, 0.25) is 0 Å². The minimum absolute atomic E-state index is 0.0560. The van der Waals surface area contributed by atoms with Crippen molar-refractivity contribution in [2.24, 2.45) is 0 Å². The summed E-state index contributed by atoms with van der Waals surface area (Å²) in [7, 11) is 0. The number of hydrogen-bond donors (Lipinski definition) is 1. The van der Waals surface area contributed by atoms with E-state index in [1.807, 2.05) is 36.9 Å². The van der Waals surface area contributed by atoms with Gasteiger partial charge in [-0.1, -0.05) is 25.3 Å². The van der Waals surface area contributed by atoms with Crippen LogP contribution in [0.1, 0.15) is 64.4 Å². The Morgan fingerprint density at radius 3 is 2.38 bits per heavy atom. The smallest absolute Gasteiger partial charge is 0.248 e. The Morgan fingerprint density at radius 2 is 1.69 bits per heavy atom. The van der Waals surface area contributed by atoms with Gasteiger partial charge < -0.3 is 19.7 Å². The number of fused-ring (bicyclic) bond motifs is 1. The zero-order valence-corrected chi connectivity index (χ0v) is 17.8. The number of aryl methyl sites for hydroxylation is 1. The van der Waals surface area contributed by atoms with Crippen molar-refractivity contribution in [3.8, 4) is 11.5 Å². The van der Waals surface area contributed by atoms with Crippen LogP contribution in [0.4, 0.5) is 0 Å². The summed E-state index contributed by atoms with van der Waals surface area (Å²) in [5.74, 6) is 1.54. The third-order valence-corrected chi connectivity index (χ3v) is 6.00. The largest absolute Gasteiger partial charge is 0.490 e. The van der Waals surface area contributed by atoms with Crippen molar-refractivity contribution in [2.45, 2.75) is 70.8 Å². The molecule has 0 saturated heterocycles. The van der Waals surface area contributed by atoms with Crippen LogP contribution in [0.5, 0.6) is 11.5 Å². The maximum Gasteiger partial charge on any atom is 0.248 e. The van der Waals surface area contributed by atoms with Gasteiger partial charge in [-0.2, -0.15) is 0 Å². The molecule has 1 aliphatic carbocycles. The van der Waals surface area contributed by atoms with E-state index < -0.39 is 5.54 Å². The van der Waals surface area contributed by atoms with Gasteiger partial charge in [0.25, 0.3) is 0 Å².